The first kappa shape index (κ1) is 20.7. The van der Waals surface area contributed by atoms with Gasteiger partial charge in [0.1, 0.15) is 0 Å². The number of likely N-dealkylation sites (N-methyl/N-ethyl adjacent to an activating group) is 1. The van der Waals surface area contributed by atoms with Gasteiger partial charge in [-0.1, -0.05) is 36.4 Å². The number of ether oxygens (including phenoxy) is 1. The largest absolute Gasteiger partial charge is 0.456 e. The van der Waals surface area contributed by atoms with Crippen LogP contribution in [-0.4, -0.2) is 30.8 Å². The Morgan fingerprint density at radius 3 is 2.45 bits per heavy atom. The summed E-state index contributed by atoms with van der Waals surface area (Å²) in [5.74, 6) is -0.927. The van der Waals surface area contributed by atoms with Gasteiger partial charge in [0, 0.05) is 23.2 Å². The number of fused-ring (bicyclic) bond motifs is 1. The number of carbonyl (C=O) groups excluding carboxylic acids is 3. The van der Waals surface area contributed by atoms with E-state index in [0.29, 0.717) is 11.4 Å². The summed E-state index contributed by atoms with van der Waals surface area (Å²) in [6.45, 7) is 3.92. The minimum absolute atomic E-state index is 0.0382. The molecule has 3 rings (SSSR count). The SMILES string of the molecule is CCN(C(=O)COC(=O)CCC(=O)c1ccc(C)s1)c1cccc2ccccc12. The van der Waals surface area contributed by atoms with Crippen molar-refractivity contribution in [1.29, 1.82) is 0 Å². The average Bonchev–Trinajstić information content (AvgIpc) is 3.17. The lowest BCUT2D eigenvalue weighted by atomic mass is 10.1. The van der Waals surface area contributed by atoms with E-state index in [0.717, 1.165) is 21.3 Å². The molecule has 0 spiro atoms. The van der Waals surface area contributed by atoms with Gasteiger partial charge in [-0.15, -0.1) is 11.3 Å². The van der Waals surface area contributed by atoms with Crippen LogP contribution < -0.4 is 4.90 Å². The van der Waals surface area contributed by atoms with E-state index in [-0.39, 0.29) is 31.1 Å². The zero-order chi connectivity index (χ0) is 20.8. The summed E-state index contributed by atoms with van der Waals surface area (Å²) in [4.78, 5) is 40.1. The first-order valence-corrected chi connectivity index (χ1v) is 10.3. The zero-order valence-electron chi connectivity index (χ0n) is 16.5. The van der Waals surface area contributed by atoms with Gasteiger partial charge in [-0.2, -0.15) is 0 Å². The number of hydrogen-bond acceptors (Lipinski definition) is 5. The molecule has 3 aromatic rings. The summed E-state index contributed by atoms with van der Waals surface area (Å²) < 4.78 is 5.13. The fourth-order valence-electron chi connectivity index (χ4n) is 3.14. The minimum Gasteiger partial charge on any atom is -0.456 e. The molecule has 0 saturated carbocycles. The maximum atomic E-state index is 12.7. The maximum absolute atomic E-state index is 12.7. The molecule has 0 atom stereocenters. The number of ketones is 1. The Balaban J connectivity index is 1.57. The Morgan fingerprint density at radius 2 is 1.72 bits per heavy atom. The van der Waals surface area contributed by atoms with Crippen LogP contribution in [0.5, 0.6) is 0 Å². The highest BCUT2D eigenvalue weighted by Gasteiger charge is 2.19. The molecule has 0 unspecified atom stereocenters. The van der Waals surface area contributed by atoms with Crippen molar-refractivity contribution in [2.75, 3.05) is 18.1 Å². The van der Waals surface area contributed by atoms with Gasteiger partial charge in [-0.25, -0.2) is 0 Å². The highest BCUT2D eigenvalue weighted by Crippen LogP contribution is 2.26. The number of esters is 1. The van der Waals surface area contributed by atoms with Crippen LogP contribution in [-0.2, 0) is 14.3 Å². The van der Waals surface area contributed by atoms with Crippen LogP contribution in [0.2, 0.25) is 0 Å². The van der Waals surface area contributed by atoms with Crippen molar-refractivity contribution < 1.29 is 19.1 Å². The molecule has 29 heavy (non-hydrogen) atoms. The molecule has 1 aromatic heterocycles. The fourth-order valence-corrected chi connectivity index (χ4v) is 3.98. The molecule has 0 N–H and O–H groups in total. The van der Waals surface area contributed by atoms with Gasteiger partial charge in [0.2, 0.25) is 0 Å². The second kappa shape index (κ2) is 9.47. The zero-order valence-corrected chi connectivity index (χ0v) is 17.3. The third-order valence-corrected chi connectivity index (χ3v) is 5.64. The number of carbonyl (C=O) groups is 3. The van der Waals surface area contributed by atoms with E-state index in [2.05, 4.69) is 0 Å². The van der Waals surface area contributed by atoms with Crippen LogP contribution in [0.1, 0.15) is 34.3 Å². The molecule has 2 aromatic carbocycles. The number of amides is 1. The average molecular weight is 410 g/mol. The number of rotatable bonds is 8. The van der Waals surface area contributed by atoms with Crippen molar-refractivity contribution in [3.8, 4) is 0 Å². The molecule has 0 radical (unpaired) electrons. The lowest BCUT2D eigenvalue weighted by Crippen LogP contribution is -2.34. The summed E-state index contributed by atoms with van der Waals surface area (Å²) >= 11 is 1.41. The van der Waals surface area contributed by atoms with Crippen molar-refractivity contribution in [2.24, 2.45) is 0 Å². The summed E-state index contributed by atoms with van der Waals surface area (Å²) in [5, 5.41) is 2.00. The third kappa shape index (κ3) is 5.09. The summed E-state index contributed by atoms with van der Waals surface area (Å²) in [7, 11) is 0. The third-order valence-electron chi connectivity index (χ3n) is 4.60. The number of Topliss-reactive ketones (excluding diaryl/α,β-unsaturated/α-hetero) is 1. The van der Waals surface area contributed by atoms with Gasteiger partial charge in [0.05, 0.1) is 17.0 Å². The molecule has 150 valence electrons. The van der Waals surface area contributed by atoms with Gasteiger partial charge in [-0.05, 0) is 37.4 Å². The molecule has 1 amide bonds. The van der Waals surface area contributed by atoms with E-state index in [1.54, 1.807) is 11.0 Å². The molecular formula is C23H23NO4S. The molecule has 0 bridgehead atoms. The van der Waals surface area contributed by atoms with Gasteiger partial charge in [-0.3, -0.25) is 14.4 Å². The summed E-state index contributed by atoms with van der Waals surface area (Å²) in [6.07, 6.45) is 0.0389. The van der Waals surface area contributed by atoms with Crippen LogP contribution in [0.3, 0.4) is 0 Å². The lowest BCUT2D eigenvalue weighted by Gasteiger charge is -2.22. The van der Waals surface area contributed by atoms with Crippen molar-refractivity contribution in [3.63, 3.8) is 0 Å². The van der Waals surface area contributed by atoms with Crippen LogP contribution in [0.25, 0.3) is 10.8 Å². The fraction of sp³-hybridized carbons (Fsp3) is 0.261. The van der Waals surface area contributed by atoms with Gasteiger partial charge >= 0.3 is 5.97 Å². The lowest BCUT2D eigenvalue weighted by molar-refractivity contribution is -0.147. The Kier molecular flexibility index (Phi) is 6.77. The number of nitrogens with zero attached hydrogens (tertiary/aromatic N) is 1. The molecule has 1 heterocycles. The number of aryl methyl sites for hydroxylation is 1. The summed E-state index contributed by atoms with van der Waals surface area (Å²) in [6, 6.07) is 17.2. The second-order valence-electron chi connectivity index (χ2n) is 6.63. The highest BCUT2D eigenvalue weighted by molar-refractivity contribution is 7.14. The van der Waals surface area contributed by atoms with Crippen LogP contribution >= 0.6 is 11.3 Å². The number of anilines is 1. The van der Waals surface area contributed by atoms with Crippen LogP contribution in [0.4, 0.5) is 5.69 Å². The first-order chi connectivity index (χ1) is 14.0. The van der Waals surface area contributed by atoms with E-state index in [4.69, 9.17) is 4.74 Å². The number of hydrogen-bond donors (Lipinski definition) is 0. The number of thiophene rings is 1. The molecule has 0 aliphatic heterocycles. The Morgan fingerprint density at radius 1 is 0.966 bits per heavy atom. The monoisotopic (exact) mass is 409 g/mol. The normalized spacial score (nSPS) is 10.7. The van der Waals surface area contributed by atoms with E-state index in [1.165, 1.54) is 11.3 Å². The Bertz CT molecular complexity index is 1030. The van der Waals surface area contributed by atoms with E-state index in [1.807, 2.05) is 62.4 Å². The molecule has 0 saturated heterocycles. The minimum atomic E-state index is -0.547. The molecule has 6 heteroatoms. The topological polar surface area (TPSA) is 63.7 Å². The molecular weight excluding hydrogens is 386 g/mol. The second-order valence-corrected chi connectivity index (χ2v) is 7.92. The standard InChI is InChI=1S/C23H23NO4S/c1-3-24(19-10-6-8-17-7-4-5-9-18(17)19)22(26)15-28-23(27)14-12-20(25)21-13-11-16(2)29-21/h4-11,13H,3,12,14-15H2,1-2H3. The quantitative estimate of drug-likeness (QED) is 0.397. The summed E-state index contributed by atoms with van der Waals surface area (Å²) in [5.41, 5.74) is 0.787. The van der Waals surface area contributed by atoms with Crippen molar-refractivity contribution in [1.82, 2.24) is 0 Å². The van der Waals surface area contributed by atoms with Gasteiger partial charge in [0.15, 0.2) is 12.4 Å². The van der Waals surface area contributed by atoms with Gasteiger partial charge in [0.25, 0.3) is 5.91 Å². The van der Waals surface area contributed by atoms with Crippen LogP contribution in [0, 0.1) is 6.92 Å². The highest BCUT2D eigenvalue weighted by atomic mass is 32.1. The molecule has 0 aliphatic rings. The van der Waals surface area contributed by atoms with Crippen molar-refractivity contribution in [2.45, 2.75) is 26.7 Å². The van der Waals surface area contributed by atoms with Gasteiger partial charge < -0.3 is 9.64 Å². The van der Waals surface area contributed by atoms with Crippen molar-refractivity contribution in [3.05, 3.63) is 64.4 Å². The van der Waals surface area contributed by atoms with E-state index >= 15 is 0 Å². The number of benzene rings is 2. The van der Waals surface area contributed by atoms with E-state index in [9.17, 15) is 14.4 Å². The molecule has 0 fully saturated rings. The Hall–Kier alpha value is -2.99. The van der Waals surface area contributed by atoms with Crippen molar-refractivity contribution >= 4 is 45.5 Å². The Labute approximate surface area is 173 Å². The molecule has 5 nitrogen and oxygen atoms in total. The smallest absolute Gasteiger partial charge is 0.306 e. The predicted octanol–water partition coefficient (Wildman–Crippen LogP) is 4.77. The first-order valence-electron chi connectivity index (χ1n) is 9.53. The predicted molar refractivity (Wildman–Crippen MR) is 116 cm³/mol. The molecule has 0 aliphatic carbocycles. The maximum Gasteiger partial charge on any atom is 0.306 e. The van der Waals surface area contributed by atoms with Crippen LogP contribution in [0.15, 0.2) is 54.6 Å². The van der Waals surface area contributed by atoms with E-state index < -0.39 is 5.97 Å².